The summed E-state index contributed by atoms with van der Waals surface area (Å²) in [4.78, 5) is 0. The zero-order valence-electron chi connectivity index (χ0n) is 10.6. The van der Waals surface area contributed by atoms with Crippen molar-refractivity contribution in [2.75, 3.05) is 0 Å². The van der Waals surface area contributed by atoms with E-state index in [1.165, 1.54) is 24.3 Å². The average Bonchev–Trinajstić information content (AvgIpc) is 2.39. The minimum Gasteiger partial charge on any atom is -0.406 e. The maximum Gasteiger partial charge on any atom is 0.573 e. The van der Waals surface area contributed by atoms with E-state index >= 15 is 0 Å². The largest absolute Gasteiger partial charge is 0.573 e. The molecule has 2 aromatic rings. The first-order valence-electron chi connectivity index (χ1n) is 5.91. The van der Waals surface area contributed by atoms with Crippen LogP contribution in [0, 0.1) is 17.1 Å². The van der Waals surface area contributed by atoms with Crippen molar-refractivity contribution in [1.82, 2.24) is 0 Å². The average molecular weight is 295 g/mol. The highest BCUT2D eigenvalue weighted by atomic mass is 19.4. The molecule has 0 saturated carbocycles. The zero-order valence-corrected chi connectivity index (χ0v) is 10.6. The molecule has 0 unspecified atom stereocenters. The van der Waals surface area contributed by atoms with Crippen LogP contribution in [0.1, 0.15) is 5.56 Å². The third-order valence-electron chi connectivity index (χ3n) is 2.75. The van der Waals surface area contributed by atoms with Crippen molar-refractivity contribution in [3.63, 3.8) is 0 Å². The Morgan fingerprint density at radius 3 is 2.29 bits per heavy atom. The molecule has 0 radical (unpaired) electrons. The summed E-state index contributed by atoms with van der Waals surface area (Å²) < 4.78 is 53.9. The van der Waals surface area contributed by atoms with Crippen LogP contribution >= 0.6 is 0 Å². The van der Waals surface area contributed by atoms with E-state index in [9.17, 15) is 17.6 Å². The molecule has 0 aliphatic rings. The number of benzene rings is 2. The molecule has 0 fully saturated rings. The molecule has 0 bridgehead atoms. The van der Waals surface area contributed by atoms with Gasteiger partial charge in [-0.05, 0) is 29.3 Å². The van der Waals surface area contributed by atoms with E-state index in [1.807, 2.05) is 6.07 Å². The molecule has 6 heteroatoms. The van der Waals surface area contributed by atoms with Gasteiger partial charge in [0.1, 0.15) is 11.6 Å². The molecule has 0 spiro atoms. The summed E-state index contributed by atoms with van der Waals surface area (Å²) in [5.41, 5.74) is 1.06. The Bertz CT molecular complexity index is 672. The van der Waals surface area contributed by atoms with E-state index in [-0.39, 0.29) is 17.7 Å². The number of alkyl halides is 3. The summed E-state index contributed by atoms with van der Waals surface area (Å²) in [7, 11) is 0. The van der Waals surface area contributed by atoms with Crippen LogP contribution in [0.3, 0.4) is 0 Å². The fraction of sp³-hybridized carbons (Fsp3) is 0.133. The van der Waals surface area contributed by atoms with E-state index in [0.717, 1.165) is 12.1 Å². The van der Waals surface area contributed by atoms with Gasteiger partial charge in [-0.1, -0.05) is 24.3 Å². The molecule has 0 saturated heterocycles. The number of nitriles is 1. The van der Waals surface area contributed by atoms with Crippen molar-refractivity contribution in [3.8, 4) is 22.9 Å². The molecule has 0 aromatic heterocycles. The van der Waals surface area contributed by atoms with E-state index in [4.69, 9.17) is 5.26 Å². The summed E-state index contributed by atoms with van der Waals surface area (Å²) in [5.74, 6) is -0.920. The van der Waals surface area contributed by atoms with Gasteiger partial charge in [-0.25, -0.2) is 4.39 Å². The zero-order chi connectivity index (χ0) is 15.5. The van der Waals surface area contributed by atoms with Crippen LogP contribution in [-0.2, 0) is 6.42 Å². The Morgan fingerprint density at radius 2 is 1.71 bits per heavy atom. The molecule has 0 atom stereocenters. The number of nitrogens with zero attached hydrogens (tertiary/aromatic N) is 1. The predicted octanol–water partition coefficient (Wildman–Crippen LogP) is 4.46. The Balaban J connectivity index is 2.38. The third-order valence-corrected chi connectivity index (χ3v) is 2.75. The predicted molar refractivity (Wildman–Crippen MR) is 67.8 cm³/mol. The van der Waals surface area contributed by atoms with Gasteiger partial charge in [0, 0.05) is 5.56 Å². The van der Waals surface area contributed by atoms with Gasteiger partial charge in [-0.15, -0.1) is 13.2 Å². The highest BCUT2D eigenvalue weighted by molar-refractivity contribution is 5.69. The SMILES string of the molecule is N#CCc1cccc(F)c1-c1ccc(OC(F)(F)F)cc1. The molecular formula is C15H9F4NO. The second-order valence-electron chi connectivity index (χ2n) is 4.18. The van der Waals surface area contributed by atoms with Crippen LogP contribution in [0.2, 0.25) is 0 Å². The Labute approximate surface area is 118 Å². The molecule has 108 valence electrons. The lowest BCUT2D eigenvalue weighted by Gasteiger charge is -2.11. The van der Waals surface area contributed by atoms with Crippen molar-refractivity contribution in [3.05, 3.63) is 53.8 Å². The first kappa shape index (κ1) is 14.9. The summed E-state index contributed by atoms with van der Waals surface area (Å²) in [6.45, 7) is 0. The Morgan fingerprint density at radius 1 is 1.05 bits per heavy atom. The summed E-state index contributed by atoms with van der Waals surface area (Å²) in [5, 5.41) is 8.74. The fourth-order valence-electron chi connectivity index (χ4n) is 1.95. The quantitative estimate of drug-likeness (QED) is 0.783. The smallest absolute Gasteiger partial charge is 0.406 e. The second kappa shape index (κ2) is 5.83. The Hall–Kier alpha value is -2.55. The first-order chi connectivity index (χ1) is 9.90. The highest BCUT2D eigenvalue weighted by Gasteiger charge is 2.31. The molecule has 0 heterocycles. The first-order valence-corrected chi connectivity index (χ1v) is 5.91. The molecule has 2 aromatic carbocycles. The van der Waals surface area contributed by atoms with Gasteiger partial charge >= 0.3 is 6.36 Å². The van der Waals surface area contributed by atoms with E-state index in [2.05, 4.69) is 4.74 Å². The van der Waals surface area contributed by atoms with Crippen molar-refractivity contribution < 1.29 is 22.3 Å². The van der Waals surface area contributed by atoms with Gasteiger partial charge in [0.2, 0.25) is 0 Å². The van der Waals surface area contributed by atoms with Gasteiger partial charge in [0.15, 0.2) is 0 Å². The lowest BCUT2D eigenvalue weighted by molar-refractivity contribution is -0.274. The van der Waals surface area contributed by atoms with Crippen LogP contribution in [0.25, 0.3) is 11.1 Å². The van der Waals surface area contributed by atoms with Gasteiger partial charge < -0.3 is 4.74 Å². The normalized spacial score (nSPS) is 11.0. The molecule has 21 heavy (non-hydrogen) atoms. The number of halogens is 4. The van der Waals surface area contributed by atoms with Gasteiger partial charge in [0.05, 0.1) is 12.5 Å². The molecule has 2 nitrogen and oxygen atoms in total. The van der Waals surface area contributed by atoms with Crippen molar-refractivity contribution in [1.29, 1.82) is 5.26 Å². The standard InChI is InChI=1S/C15H9F4NO/c16-13-3-1-2-10(8-9-20)14(13)11-4-6-12(7-5-11)21-15(17,18)19/h1-7H,8H2. The lowest BCUT2D eigenvalue weighted by atomic mass is 9.97. The van der Waals surface area contributed by atoms with Crippen molar-refractivity contribution >= 4 is 0 Å². The second-order valence-corrected chi connectivity index (χ2v) is 4.18. The van der Waals surface area contributed by atoms with E-state index in [1.54, 1.807) is 6.07 Å². The minimum absolute atomic E-state index is 0.00783. The van der Waals surface area contributed by atoms with Crippen LogP contribution in [0.5, 0.6) is 5.75 Å². The molecular weight excluding hydrogens is 286 g/mol. The third kappa shape index (κ3) is 3.72. The monoisotopic (exact) mass is 295 g/mol. The molecule has 0 aliphatic carbocycles. The molecule has 0 aliphatic heterocycles. The summed E-state index contributed by atoms with van der Waals surface area (Å²) in [6.07, 6.45) is -4.76. The lowest BCUT2D eigenvalue weighted by Crippen LogP contribution is -2.16. The highest BCUT2D eigenvalue weighted by Crippen LogP contribution is 2.30. The van der Waals surface area contributed by atoms with Crippen molar-refractivity contribution in [2.45, 2.75) is 12.8 Å². The van der Waals surface area contributed by atoms with Crippen LogP contribution < -0.4 is 4.74 Å². The van der Waals surface area contributed by atoms with Gasteiger partial charge in [0.25, 0.3) is 0 Å². The van der Waals surface area contributed by atoms with Crippen LogP contribution in [0.15, 0.2) is 42.5 Å². The molecule has 2 rings (SSSR count). The summed E-state index contributed by atoms with van der Waals surface area (Å²) >= 11 is 0. The molecule has 0 amide bonds. The number of rotatable bonds is 3. The number of hydrogen-bond acceptors (Lipinski definition) is 2. The van der Waals surface area contributed by atoms with Crippen LogP contribution in [-0.4, -0.2) is 6.36 Å². The van der Waals surface area contributed by atoms with Crippen LogP contribution in [0.4, 0.5) is 17.6 Å². The Kier molecular flexibility index (Phi) is 4.13. The van der Waals surface area contributed by atoms with Crippen molar-refractivity contribution in [2.24, 2.45) is 0 Å². The minimum atomic E-state index is -4.77. The number of ether oxygens (including phenoxy) is 1. The van der Waals surface area contributed by atoms with Gasteiger partial charge in [-0.2, -0.15) is 5.26 Å². The molecule has 0 N–H and O–H groups in total. The van der Waals surface area contributed by atoms with E-state index < -0.39 is 12.2 Å². The topological polar surface area (TPSA) is 33.0 Å². The maximum absolute atomic E-state index is 13.9. The number of hydrogen-bond donors (Lipinski definition) is 0. The maximum atomic E-state index is 13.9. The fourth-order valence-corrected chi connectivity index (χ4v) is 1.95. The van der Waals surface area contributed by atoms with Gasteiger partial charge in [-0.3, -0.25) is 0 Å². The summed E-state index contributed by atoms with van der Waals surface area (Å²) in [6, 6.07) is 11.1. The van der Waals surface area contributed by atoms with E-state index in [0.29, 0.717) is 11.1 Å².